The largest absolute Gasteiger partial charge is 0.573 e. The third kappa shape index (κ3) is 7.06. The van der Waals surface area contributed by atoms with E-state index in [4.69, 9.17) is 4.74 Å². The summed E-state index contributed by atoms with van der Waals surface area (Å²) in [5.41, 5.74) is 1.47. The van der Waals surface area contributed by atoms with Gasteiger partial charge in [0.15, 0.2) is 16.5 Å². The van der Waals surface area contributed by atoms with Crippen molar-refractivity contribution in [2.45, 2.75) is 19.7 Å². The Bertz CT molecular complexity index is 1240. The van der Waals surface area contributed by atoms with Crippen molar-refractivity contribution in [2.75, 3.05) is 38.2 Å². The van der Waals surface area contributed by atoms with Gasteiger partial charge in [0.2, 0.25) is 5.91 Å². The predicted molar refractivity (Wildman–Crippen MR) is 125 cm³/mol. The molecule has 0 atom stereocenters. The fourth-order valence-corrected chi connectivity index (χ4v) is 4.29. The van der Waals surface area contributed by atoms with E-state index in [-0.39, 0.29) is 24.2 Å². The number of carbonyl (C=O) groups is 2. The molecular weight excluding hydrogens is 499 g/mol. The number of halogens is 3. The molecule has 1 aliphatic heterocycles. The number of Topliss-reactive ketones (excluding diaryl/α,β-unsaturated/α-hetero) is 1. The normalized spacial score (nSPS) is 14.4. The number of pyridine rings is 1. The number of benzene rings is 1. The smallest absolute Gasteiger partial charge is 0.404 e. The van der Waals surface area contributed by atoms with Gasteiger partial charge in [-0.1, -0.05) is 11.3 Å². The third-order valence-electron chi connectivity index (χ3n) is 5.19. The second-order valence-electron chi connectivity index (χ2n) is 8.01. The fraction of sp³-hybridized carbons (Fsp3) is 0.348. The lowest BCUT2D eigenvalue weighted by molar-refractivity contribution is -0.274. The van der Waals surface area contributed by atoms with Crippen LogP contribution in [-0.2, 0) is 16.0 Å². The number of alkyl halides is 3. The first-order valence-electron chi connectivity index (χ1n) is 10.9. The van der Waals surface area contributed by atoms with Crippen molar-refractivity contribution < 1.29 is 32.2 Å². The molecule has 0 radical (unpaired) electrons. The van der Waals surface area contributed by atoms with E-state index in [2.05, 4.69) is 25.2 Å². The number of amides is 1. The molecule has 0 saturated carbocycles. The van der Waals surface area contributed by atoms with Crippen molar-refractivity contribution in [3.05, 3.63) is 52.7 Å². The maximum Gasteiger partial charge on any atom is 0.573 e. The molecule has 1 fully saturated rings. The summed E-state index contributed by atoms with van der Waals surface area (Å²) in [6.45, 7) is 3.87. The van der Waals surface area contributed by atoms with E-state index in [1.807, 2.05) is 24.0 Å². The molecule has 0 bridgehead atoms. The van der Waals surface area contributed by atoms with Crippen LogP contribution in [0.5, 0.6) is 5.75 Å². The van der Waals surface area contributed by atoms with Crippen LogP contribution in [0.25, 0.3) is 10.7 Å². The summed E-state index contributed by atoms with van der Waals surface area (Å²) >= 11 is 1.20. The zero-order valence-corrected chi connectivity index (χ0v) is 20.0. The fourth-order valence-electron chi connectivity index (χ4n) is 3.49. The van der Waals surface area contributed by atoms with Crippen LogP contribution in [0.2, 0.25) is 0 Å². The number of aromatic nitrogens is 3. The van der Waals surface area contributed by atoms with Crippen LogP contribution in [0.4, 0.5) is 18.9 Å². The van der Waals surface area contributed by atoms with Gasteiger partial charge in [0.25, 0.3) is 0 Å². The highest BCUT2D eigenvalue weighted by Gasteiger charge is 2.32. The Hall–Kier alpha value is -3.42. The molecule has 0 unspecified atom stereocenters. The number of nitrogens with one attached hydrogen (secondary N) is 1. The van der Waals surface area contributed by atoms with E-state index in [1.54, 1.807) is 6.20 Å². The van der Waals surface area contributed by atoms with Crippen molar-refractivity contribution in [1.29, 1.82) is 0 Å². The molecule has 1 N–H and O–H groups in total. The number of ketones is 1. The number of hydrogen-bond donors (Lipinski definition) is 1. The molecule has 190 valence electrons. The van der Waals surface area contributed by atoms with Gasteiger partial charge in [0.1, 0.15) is 10.7 Å². The molecule has 0 spiro atoms. The Kier molecular flexibility index (Phi) is 7.91. The molecule has 1 amide bonds. The molecule has 36 heavy (non-hydrogen) atoms. The first-order chi connectivity index (χ1) is 17.2. The summed E-state index contributed by atoms with van der Waals surface area (Å²) in [5, 5.41) is 11.5. The van der Waals surface area contributed by atoms with Crippen molar-refractivity contribution in [1.82, 2.24) is 20.1 Å². The van der Waals surface area contributed by atoms with E-state index in [0.717, 1.165) is 11.6 Å². The summed E-state index contributed by atoms with van der Waals surface area (Å²) in [5.74, 6) is -1.55. The Morgan fingerprint density at radius 1 is 1.17 bits per heavy atom. The highest BCUT2D eigenvalue weighted by Crippen LogP contribution is 2.32. The average Bonchev–Trinajstić information content (AvgIpc) is 3.28. The lowest BCUT2D eigenvalue weighted by Gasteiger charge is -2.26. The van der Waals surface area contributed by atoms with Gasteiger partial charge in [-0.15, -0.1) is 23.4 Å². The SMILES string of the molecule is Cc1ccnc(-c2nnc(CC(=O)c3ccc(OC(F)(F)F)c(NC(=O)CN4CCOCC4)c3)s2)c1. The Labute approximate surface area is 208 Å². The summed E-state index contributed by atoms with van der Waals surface area (Å²) < 4.78 is 48.0. The standard InChI is InChI=1S/C23H22F3N5O4S/c1-14-4-5-27-17(10-14)22-30-29-21(36-22)12-18(32)15-2-3-19(35-23(24,25)26)16(11-15)28-20(33)13-31-6-8-34-9-7-31/h2-5,10-11H,6-9,12-13H2,1H3,(H,28,33). The van der Waals surface area contributed by atoms with E-state index in [9.17, 15) is 22.8 Å². The van der Waals surface area contributed by atoms with E-state index >= 15 is 0 Å². The molecule has 1 saturated heterocycles. The zero-order valence-electron chi connectivity index (χ0n) is 19.2. The van der Waals surface area contributed by atoms with Gasteiger partial charge >= 0.3 is 6.36 Å². The van der Waals surface area contributed by atoms with Crippen LogP contribution in [0.3, 0.4) is 0 Å². The number of ether oxygens (including phenoxy) is 2. The summed E-state index contributed by atoms with van der Waals surface area (Å²) in [7, 11) is 0. The second-order valence-corrected chi connectivity index (χ2v) is 9.08. The van der Waals surface area contributed by atoms with Gasteiger partial charge in [-0.25, -0.2) is 0 Å². The van der Waals surface area contributed by atoms with Crippen molar-refractivity contribution >= 4 is 28.7 Å². The Balaban J connectivity index is 1.50. The molecule has 2 aromatic heterocycles. The van der Waals surface area contributed by atoms with Gasteiger partial charge in [-0.2, -0.15) is 0 Å². The van der Waals surface area contributed by atoms with Crippen LogP contribution >= 0.6 is 11.3 Å². The van der Waals surface area contributed by atoms with Crippen LogP contribution in [0.1, 0.15) is 20.9 Å². The number of hydrogen-bond acceptors (Lipinski definition) is 9. The summed E-state index contributed by atoms with van der Waals surface area (Å²) in [6, 6.07) is 7.08. The maximum absolute atomic E-state index is 12.9. The molecular formula is C23H22F3N5O4S. The van der Waals surface area contributed by atoms with Crippen LogP contribution in [-0.4, -0.2) is 71.0 Å². The van der Waals surface area contributed by atoms with Crippen molar-refractivity contribution in [3.63, 3.8) is 0 Å². The minimum absolute atomic E-state index is 0.0342. The quantitative estimate of drug-likeness (QED) is 0.449. The van der Waals surface area contributed by atoms with Gasteiger partial charge < -0.3 is 14.8 Å². The molecule has 3 aromatic rings. The van der Waals surface area contributed by atoms with Crippen molar-refractivity contribution in [3.8, 4) is 16.5 Å². The first-order valence-corrected chi connectivity index (χ1v) is 11.8. The molecule has 1 aromatic carbocycles. The summed E-state index contributed by atoms with van der Waals surface area (Å²) in [6.07, 6.45) is -3.44. The molecule has 4 rings (SSSR count). The molecule has 13 heteroatoms. The lowest BCUT2D eigenvalue weighted by atomic mass is 10.1. The second kappa shape index (κ2) is 11.1. The molecule has 1 aliphatic rings. The number of morpholine rings is 1. The van der Waals surface area contributed by atoms with Gasteiger partial charge in [-0.3, -0.25) is 19.5 Å². The average molecular weight is 522 g/mol. The summed E-state index contributed by atoms with van der Waals surface area (Å²) in [4.78, 5) is 31.4. The Morgan fingerprint density at radius 2 is 1.94 bits per heavy atom. The Morgan fingerprint density at radius 3 is 2.67 bits per heavy atom. The third-order valence-corrected chi connectivity index (χ3v) is 6.13. The number of carbonyl (C=O) groups excluding carboxylic acids is 2. The molecule has 0 aliphatic carbocycles. The van der Waals surface area contributed by atoms with E-state index in [0.29, 0.717) is 42.0 Å². The number of nitrogens with zero attached hydrogens (tertiary/aromatic N) is 4. The number of aryl methyl sites for hydroxylation is 1. The van der Waals surface area contributed by atoms with Gasteiger partial charge in [-0.05, 0) is 42.8 Å². The highest BCUT2D eigenvalue weighted by atomic mass is 32.1. The van der Waals surface area contributed by atoms with E-state index in [1.165, 1.54) is 23.5 Å². The van der Waals surface area contributed by atoms with Crippen LogP contribution < -0.4 is 10.1 Å². The van der Waals surface area contributed by atoms with Gasteiger partial charge in [0, 0.05) is 24.8 Å². The topological polar surface area (TPSA) is 107 Å². The van der Waals surface area contributed by atoms with Gasteiger partial charge in [0.05, 0.1) is 31.9 Å². The minimum Gasteiger partial charge on any atom is -0.404 e. The number of anilines is 1. The van der Waals surface area contributed by atoms with Crippen LogP contribution in [0.15, 0.2) is 36.5 Å². The molecule has 9 nitrogen and oxygen atoms in total. The van der Waals surface area contributed by atoms with Crippen LogP contribution in [0, 0.1) is 6.92 Å². The van der Waals surface area contributed by atoms with Crippen molar-refractivity contribution in [2.24, 2.45) is 0 Å². The first kappa shape index (κ1) is 25.7. The minimum atomic E-state index is -4.97. The monoisotopic (exact) mass is 521 g/mol. The number of rotatable bonds is 8. The van der Waals surface area contributed by atoms with E-state index < -0.39 is 23.8 Å². The molecule has 3 heterocycles. The maximum atomic E-state index is 12.9. The lowest BCUT2D eigenvalue weighted by Crippen LogP contribution is -2.41. The highest BCUT2D eigenvalue weighted by molar-refractivity contribution is 7.14. The zero-order chi connectivity index (χ0) is 25.7. The predicted octanol–water partition coefficient (Wildman–Crippen LogP) is 3.50.